The second-order valence-electron chi connectivity index (χ2n) is 4.82. The molecule has 19 heavy (non-hydrogen) atoms. The zero-order chi connectivity index (χ0) is 13.4. The van der Waals surface area contributed by atoms with Crippen molar-refractivity contribution in [2.24, 2.45) is 0 Å². The average molecular weight is 294 g/mol. The SMILES string of the molecule is CNc1nc(N2CCSC(C)C2)c2cc(C)sc2n1. The predicted octanol–water partition coefficient (Wildman–Crippen LogP) is 2.98. The van der Waals surface area contributed by atoms with Crippen LogP contribution in [0, 0.1) is 6.92 Å². The van der Waals surface area contributed by atoms with Gasteiger partial charge in [-0.15, -0.1) is 11.3 Å². The molecule has 0 aromatic carbocycles. The van der Waals surface area contributed by atoms with E-state index in [0.717, 1.165) is 29.7 Å². The van der Waals surface area contributed by atoms with E-state index in [1.54, 1.807) is 11.3 Å². The van der Waals surface area contributed by atoms with Crippen LogP contribution in [0.25, 0.3) is 10.2 Å². The first-order valence-electron chi connectivity index (χ1n) is 6.50. The smallest absolute Gasteiger partial charge is 0.225 e. The van der Waals surface area contributed by atoms with Crippen LogP contribution < -0.4 is 10.2 Å². The Labute approximate surface area is 121 Å². The number of rotatable bonds is 2. The van der Waals surface area contributed by atoms with Gasteiger partial charge in [-0.1, -0.05) is 6.92 Å². The van der Waals surface area contributed by atoms with E-state index in [4.69, 9.17) is 4.98 Å². The third kappa shape index (κ3) is 2.51. The molecule has 0 radical (unpaired) electrons. The van der Waals surface area contributed by atoms with Gasteiger partial charge in [0, 0.05) is 36.0 Å². The van der Waals surface area contributed by atoms with E-state index in [0.29, 0.717) is 5.25 Å². The van der Waals surface area contributed by atoms with E-state index < -0.39 is 0 Å². The lowest BCUT2D eigenvalue weighted by atomic mass is 10.3. The highest BCUT2D eigenvalue weighted by Crippen LogP contribution is 2.33. The van der Waals surface area contributed by atoms with Crippen molar-refractivity contribution >= 4 is 45.1 Å². The number of anilines is 2. The molecule has 1 atom stereocenters. The Morgan fingerprint density at radius 1 is 1.42 bits per heavy atom. The van der Waals surface area contributed by atoms with Gasteiger partial charge in [-0.25, -0.2) is 4.98 Å². The molecule has 0 bridgehead atoms. The maximum atomic E-state index is 4.69. The number of thioether (sulfide) groups is 1. The summed E-state index contributed by atoms with van der Waals surface area (Å²) in [6.45, 7) is 6.55. The molecule has 0 spiro atoms. The topological polar surface area (TPSA) is 41.1 Å². The second-order valence-corrected chi connectivity index (χ2v) is 7.61. The summed E-state index contributed by atoms with van der Waals surface area (Å²) in [5.74, 6) is 2.98. The Balaban J connectivity index is 2.09. The summed E-state index contributed by atoms with van der Waals surface area (Å²) in [5, 5.41) is 4.93. The van der Waals surface area contributed by atoms with Crippen LogP contribution in [0.2, 0.25) is 0 Å². The summed E-state index contributed by atoms with van der Waals surface area (Å²) in [7, 11) is 1.88. The molecule has 4 nitrogen and oxygen atoms in total. The van der Waals surface area contributed by atoms with Crippen molar-refractivity contribution in [1.29, 1.82) is 0 Å². The van der Waals surface area contributed by atoms with Crippen molar-refractivity contribution in [3.8, 4) is 0 Å². The summed E-state index contributed by atoms with van der Waals surface area (Å²) in [4.78, 5) is 14.0. The highest BCUT2D eigenvalue weighted by Gasteiger charge is 2.21. The predicted molar refractivity (Wildman–Crippen MR) is 85.8 cm³/mol. The fraction of sp³-hybridized carbons (Fsp3) is 0.538. The maximum absolute atomic E-state index is 4.69. The van der Waals surface area contributed by atoms with Crippen molar-refractivity contribution in [1.82, 2.24) is 9.97 Å². The number of hydrogen-bond donors (Lipinski definition) is 1. The van der Waals surface area contributed by atoms with Gasteiger partial charge in [-0.05, 0) is 13.0 Å². The number of hydrogen-bond acceptors (Lipinski definition) is 6. The molecule has 1 unspecified atom stereocenters. The van der Waals surface area contributed by atoms with E-state index in [1.165, 1.54) is 16.0 Å². The quantitative estimate of drug-likeness (QED) is 0.922. The molecule has 0 amide bonds. The summed E-state index contributed by atoms with van der Waals surface area (Å²) in [6.07, 6.45) is 0. The van der Waals surface area contributed by atoms with Crippen molar-refractivity contribution in [2.75, 3.05) is 36.1 Å². The molecule has 2 aromatic heterocycles. The first-order chi connectivity index (χ1) is 9.17. The number of thiophene rings is 1. The Kier molecular flexibility index (Phi) is 3.54. The molecule has 1 aliphatic rings. The van der Waals surface area contributed by atoms with Crippen LogP contribution in [0.3, 0.4) is 0 Å². The van der Waals surface area contributed by atoms with Gasteiger partial charge in [0.25, 0.3) is 0 Å². The number of aryl methyl sites for hydroxylation is 1. The molecule has 1 fully saturated rings. The molecule has 0 aliphatic carbocycles. The lowest BCUT2D eigenvalue weighted by Crippen LogP contribution is -2.37. The number of fused-ring (bicyclic) bond motifs is 1. The summed E-state index contributed by atoms with van der Waals surface area (Å²) < 4.78 is 0. The van der Waals surface area contributed by atoms with Crippen molar-refractivity contribution in [3.05, 3.63) is 10.9 Å². The molecule has 0 saturated carbocycles. The third-order valence-electron chi connectivity index (χ3n) is 3.26. The highest BCUT2D eigenvalue weighted by atomic mass is 32.2. The number of aromatic nitrogens is 2. The fourth-order valence-corrected chi connectivity index (χ4v) is 4.28. The van der Waals surface area contributed by atoms with Crippen molar-refractivity contribution < 1.29 is 0 Å². The Hall–Kier alpha value is -1.01. The van der Waals surface area contributed by atoms with Crippen LogP contribution in [0.1, 0.15) is 11.8 Å². The van der Waals surface area contributed by atoms with Crippen LogP contribution in [0.15, 0.2) is 6.07 Å². The van der Waals surface area contributed by atoms with Crippen molar-refractivity contribution in [2.45, 2.75) is 19.1 Å². The van der Waals surface area contributed by atoms with Gasteiger partial charge in [0.15, 0.2) is 0 Å². The summed E-state index contributed by atoms with van der Waals surface area (Å²) in [5.41, 5.74) is 0. The molecule has 3 heterocycles. The molecule has 1 saturated heterocycles. The zero-order valence-electron chi connectivity index (χ0n) is 11.4. The van der Waals surface area contributed by atoms with Crippen LogP contribution in [-0.2, 0) is 0 Å². The normalized spacial score (nSPS) is 19.9. The molecule has 6 heteroatoms. The standard InChI is InChI=1S/C13H18N4S2/c1-8-6-10-11(17-4-5-18-9(2)7-17)15-13(14-3)16-12(10)19-8/h6,9H,4-5,7H2,1-3H3,(H,14,15,16). The van der Waals surface area contributed by atoms with E-state index >= 15 is 0 Å². The lowest BCUT2D eigenvalue weighted by Gasteiger charge is -2.32. The second kappa shape index (κ2) is 5.17. The minimum Gasteiger partial charge on any atom is -0.357 e. The first kappa shape index (κ1) is 13.0. The highest BCUT2D eigenvalue weighted by molar-refractivity contribution is 8.00. The maximum Gasteiger partial charge on any atom is 0.225 e. The van der Waals surface area contributed by atoms with Gasteiger partial charge in [-0.3, -0.25) is 0 Å². The average Bonchev–Trinajstić information content (AvgIpc) is 2.77. The van der Waals surface area contributed by atoms with Gasteiger partial charge in [0.2, 0.25) is 5.95 Å². The van der Waals surface area contributed by atoms with Crippen LogP contribution in [0.4, 0.5) is 11.8 Å². The summed E-state index contributed by atoms with van der Waals surface area (Å²) in [6, 6.07) is 2.21. The molecule has 2 aromatic rings. The molecular weight excluding hydrogens is 276 g/mol. The third-order valence-corrected chi connectivity index (χ3v) is 5.34. The van der Waals surface area contributed by atoms with Crippen LogP contribution in [-0.4, -0.2) is 41.1 Å². The van der Waals surface area contributed by atoms with Gasteiger partial charge < -0.3 is 10.2 Å². The van der Waals surface area contributed by atoms with E-state index in [1.807, 2.05) is 18.8 Å². The minimum atomic E-state index is 0.663. The van der Waals surface area contributed by atoms with Gasteiger partial charge in [0.05, 0.1) is 5.39 Å². The Morgan fingerprint density at radius 2 is 2.26 bits per heavy atom. The molecule has 3 rings (SSSR count). The molecule has 1 aliphatic heterocycles. The lowest BCUT2D eigenvalue weighted by molar-refractivity contribution is 0.773. The first-order valence-corrected chi connectivity index (χ1v) is 8.36. The van der Waals surface area contributed by atoms with E-state index in [2.05, 4.69) is 35.1 Å². The van der Waals surface area contributed by atoms with Gasteiger partial charge >= 0.3 is 0 Å². The number of nitrogens with one attached hydrogen (secondary N) is 1. The molecule has 1 N–H and O–H groups in total. The zero-order valence-corrected chi connectivity index (χ0v) is 13.1. The van der Waals surface area contributed by atoms with E-state index in [9.17, 15) is 0 Å². The monoisotopic (exact) mass is 294 g/mol. The molecular formula is C13H18N4S2. The van der Waals surface area contributed by atoms with Crippen LogP contribution >= 0.6 is 23.1 Å². The Morgan fingerprint density at radius 3 is 3.00 bits per heavy atom. The van der Waals surface area contributed by atoms with E-state index in [-0.39, 0.29) is 0 Å². The van der Waals surface area contributed by atoms with Gasteiger partial charge in [0.1, 0.15) is 10.6 Å². The number of nitrogens with zero attached hydrogens (tertiary/aromatic N) is 3. The summed E-state index contributed by atoms with van der Waals surface area (Å²) >= 11 is 3.78. The van der Waals surface area contributed by atoms with Gasteiger partial charge in [-0.2, -0.15) is 16.7 Å². The molecule has 102 valence electrons. The Bertz CT molecular complexity index is 596. The fourth-order valence-electron chi connectivity index (χ4n) is 2.39. The largest absolute Gasteiger partial charge is 0.357 e. The minimum absolute atomic E-state index is 0.663. The van der Waals surface area contributed by atoms with Crippen molar-refractivity contribution in [3.63, 3.8) is 0 Å². The van der Waals surface area contributed by atoms with Crippen LogP contribution in [0.5, 0.6) is 0 Å².